The van der Waals surface area contributed by atoms with Crippen LogP contribution in [0.15, 0.2) is 77.7 Å². The summed E-state index contributed by atoms with van der Waals surface area (Å²) in [6.07, 6.45) is 0. The van der Waals surface area contributed by atoms with Gasteiger partial charge >= 0.3 is 0 Å². The topological polar surface area (TPSA) is 72.5 Å². The Kier molecular flexibility index (Phi) is 7.54. The second-order valence-electron chi connectivity index (χ2n) is 6.96. The number of hydrogen-bond acceptors (Lipinski definition) is 4. The summed E-state index contributed by atoms with van der Waals surface area (Å²) in [7, 11) is -2.35. The molecule has 0 aliphatic rings. The van der Waals surface area contributed by atoms with Crippen LogP contribution in [-0.4, -0.2) is 26.1 Å². The molecule has 3 aromatic carbocycles. The maximum absolute atomic E-state index is 13.1. The number of benzene rings is 3. The van der Waals surface area contributed by atoms with Crippen LogP contribution in [0.5, 0.6) is 5.75 Å². The number of alkyl halides is 1. The molecule has 0 heterocycles. The quantitative estimate of drug-likeness (QED) is 0.321. The summed E-state index contributed by atoms with van der Waals surface area (Å²) in [5.74, 6) is 0.350. The van der Waals surface area contributed by atoms with Crippen molar-refractivity contribution in [3.8, 4) is 5.75 Å². The smallest absolute Gasteiger partial charge is 0.241 e. The Hall–Kier alpha value is -2.19. The van der Waals surface area contributed by atoms with Gasteiger partial charge in [0.1, 0.15) is 5.75 Å². The molecule has 3 rings (SSSR count). The van der Waals surface area contributed by atoms with Gasteiger partial charge in [-0.1, -0.05) is 57.4 Å². The molecule has 0 saturated carbocycles. The van der Waals surface area contributed by atoms with E-state index in [1.165, 1.54) is 12.1 Å². The predicted molar refractivity (Wildman–Crippen MR) is 126 cm³/mol. The fraction of sp³-hybridized carbons (Fsp3) is 0.174. The van der Waals surface area contributed by atoms with Gasteiger partial charge in [-0.2, -0.15) is 0 Å². The highest BCUT2D eigenvalue weighted by Crippen LogP contribution is 2.29. The van der Waals surface area contributed by atoms with E-state index in [4.69, 9.17) is 16.3 Å². The number of ether oxygens (including phenoxy) is 1. The molecule has 0 radical (unpaired) electrons. The maximum Gasteiger partial charge on any atom is 0.241 e. The van der Waals surface area contributed by atoms with E-state index in [-0.39, 0.29) is 10.7 Å². The van der Waals surface area contributed by atoms with Crippen LogP contribution in [0.2, 0.25) is 5.02 Å². The van der Waals surface area contributed by atoms with Gasteiger partial charge in [0.15, 0.2) is 5.78 Å². The number of halogens is 2. The summed E-state index contributed by atoms with van der Waals surface area (Å²) in [5.41, 5.74) is 1.97. The van der Waals surface area contributed by atoms with E-state index in [1.54, 1.807) is 67.8 Å². The van der Waals surface area contributed by atoms with Crippen molar-refractivity contribution in [2.24, 2.45) is 0 Å². The maximum atomic E-state index is 13.1. The molecular weight excluding hydrogens is 502 g/mol. The van der Waals surface area contributed by atoms with Gasteiger partial charge in [0, 0.05) is 10.6 Å². The van der Waals surface area contributed by atoms with Crippen LogP contribution in [-0.2, 0) is 10.0 Å². The van der Waals surface area contributed by atoms with Gasteiger partial charge in [0.2, 0.25) is 10.0 Å². The van der Waals surface area contributed by atoms with E-state index in [2.05, 4.69) is 20.7 Å². The van der Waals surface area contributed by atoms with Crippen LogP contribution in [0.1, 0.15) is 27.5 Å². The number of ketones is 1. The average Bonchev–Trinajstić information content (AvgIpc) is 2.77. The molecule has 31 heavy (non-hydrogen) atoms. The molecule has 5 nitrogen and oxygen atoms in total. The minimum atomic E-state index is -3.89. The highest BCUT2D eigenvalue weighted by atomic mass is 79.9. The Bertz CT molecular complexity index is 1150. The van der Waals surface area contributed by atoms with Gasteiger partial charge in [-0.15, -0.1) is 0 Å². The zero-order chi connectivity index (χ0) is 22.6. The van der Waals surface area contributed by atoms with E-state index in [0.29, 0.717) is 21.9 Å². The van der Waals surface area contributed by atoms with E-state index < -0.39 is 20.9 Å². The zero-order valence-corrected chi connectivity index (χ0v) is 20.0. The Morgan fingerprint density at radius 1 is 0.968 bits per heavy atom. The van der Waals surface area contributed by atoms with Crippen LogP contribution in [0.4, 0.5) is 0 Å². The van der Waals surface area contributed by atoms with E-state index >= 15 is 0 Å². The predicted octanol–water partition coefficient (Wildman–Crippen LogP) is 5.32. The first-order chi connectivity index (χ1) is 14.7. The van der Waals surface area contributed by atoms with Crippen molar-refractivity contribution < 1.29 is 17.9 Å². The van der Waals surface area contributed by atoms with Gasteiger partial charge < -0.3 is 4.74 Å². The lowest BCUT2D eigenvalue weighted by Crippen LogP contribution is -2.37. The summed E-state index contributed by atoms with van der Waals surface area (Å²) in [5, 5.41) is 0.509. The number of hydrogen-bond donors (Lipinski definition) is 1. The number of carbonyl (C=O) groups is 1. The number of carbonyl (C=O) groups excluding carboxylic acids is 1. The largest absolute Gasteiger partial charge is 0.497 e. The Morgan fingerprint density at radius 3 is 2.10 bits per heavy atom. The number of Topliss-reactive ketones (excluding diaryl/α,β-unsaturated/α-hetero) is 1. The van der Waals surface area contributed by atoms with Gasteiger partial charge in [-0.05, 0) is 61.0 Å². The molecule has 162 valence electrons. The monoisotopic (exact) mass is 521 g/mol. The molecular formula is C23H21BrClNO4S. The number of methoxy groups -OCH3 is 1. The molecule has 0 fully saturated rings. The number of rotatable bonds is 8. The van der Waals surface area contributed by atoms with Gasteiger partial charge in [0.25, 0.3) is 0 Å². The molecule has 0 aliphatic carbocycles. The summed E-state index contributed by atoms with van der Waals surface area (Å²) < 4.78 is 34.0. The van der Waals surface area contributed by atoms with Crippen molar-refractivity contribution >= 4 is 43.3 Å². The fourth-order valence-electron chi connectivity index (χ4n) is 2.99. The molecule has 0 amide bonds. The molecule has 8 heteroatoms. The van der Waals surface area contributed by atoms with E-state index in [1.807, 2.05) is 6.92 Å². The van der Waals surface area contributed by atoms with Crippen molar-refractivity contribution in [3.63, 3.8) is 0 Å². The molecule has 0 unspecified atom stereocenters. The highest BCUT2D eigenvalue weighted by Gasteiger charge is 2.32. The Morgan fingerprint density at radius 2 is 1.55 bits per heavy atom. The lowest BCUT2D eigenvalue weighted by molar-refractivity contribution is 0.0982. The molecule has 0 bridgehead atoms. The van der Waals surface area contributed by atoms with E-state index in [0.717, 1.165) is 5.56 Å². The van der Waals surface area contributed by atoms with Gasteiger partial charge in [0.05, 0.1) is 22.9 Å². The fourth-order valence-corrected chi connectivity index (χ4v) is 5.22. The van der Waals surface area contributed by atoms with Crippen molar-refractivity contribution in [2.75, 3.05) is 7.11 Å². The Labute approximate surface area is 195 Å². The first-order valence-electron chi connectivity index (χ1n) is 9.38. The molecule has 2 atom stereocenters. The number of aryl methyl sites for hydroxylation is 1. The van der Waals surface area contributed by atoms with Crippen molar-refractivity contribution in [3.05, 3.63) is 94.5 Å². The normalized spacial score (nSPS) is 13.4. The molecule has 3 aromatic rings. The minimum absolute atomic E-state index is 0.121. The Balaban J connectivity index is 1.98. The van der Waals surface area contributed by atoms with Crippen LogP contribution in [0, 0.1) is 6.92 Å². The van der Waals surface area contributed by atoms with Crippen LogP contribution in [0.25, 0.3) is 0 Å². The number of nitrogens with one attached hydrogen (secondary N) is 1. The van der Waals surface area contributed by atoms with Crippen LogP contribution < -0.4 is 9.46 Å². The van der Waals surface area contributed by atoms with Crippen LogP contribution >= 0.6 is 27.5 Å². The number of sulfonamides is 1. The second-order valence-corrected chi connectivity index (χ2v) is 10.1. The lowest BCUT2D eigenvalue weighted by atomic mass is 9.98. The van der Waals surface area contributed by atoms with E-state index in [9.17, 15) is 13.2 Å². The second kappa shape index (κ2) is 9.96. The third-order valence-electron chi connectivity index (χ3n) is 4.76. The van der Waals surface area contributed by atoms with Crippen molar-refractivity contribution in [1.29, 1.82) is 0 Å². The van der Waals surface area contributed by atoms with Gasteiger partial charge in [-0.3, -0.25) is 4.79 Å². The first kappa shape index (κ1) is 23.5. The van der Waals surface area contributed by atoms with Crippen molar-refractivity contribution in [2.45, 2.75) is 22.7 Å². The third kappa shape index (κ3) is 5.74. The summed E-state index contributed by atoms with van der Waals surface area (Å²) in [6.45, 7) is 1.88. The SMILES string of the molecule is COc1ccc([C@H](NS(=O)(=O)c2ccc(C)cc2)[C@H](Br)C(=O)c2ccc(Cl)cc2)cc1. The highest BCUT2D eigenvalue weighted by molar-refractivity contribution is 9.10. The minimum Gasteiger partial charge on any atom is -0.497 e. The molecule has 0 saturated heterocycles. The molecule has 0 aliphatic heterocycles. The summed E-state index contributed by atoms with van der Waals surface area (Å²) >= 11 is 9.36. The standard InChI is InChI=1S/C23H21BrClNO4S/c1-15-3-13-20(14-4-15)31(28,29)26-22(16-7-11-19(30-2)12-8-16)21(24)23(27)17-5-9-18(25)10-6-17/h3-14,21-22,26H,1-2H3/t21-,22-/m0/s1. The zero-order valence-electron chi connectivity index (χ0n) is 16.9. The molecule has 0 aromatic heterocycles. The van der Waals surface area contributed by atoms with Crippen molar-refractivity contribution in [1.82, 2.24) is 4.72 Å². The first-order valence-corrected chi connectivity index (χ1v) is 12.2. The third-order valence-corrected chi connectivity index (χ3v) is 7.41. The summed E-state index contributed by atoms with van der Waals surface area (Å²) in [6, 6.07) is 19.0. The molecule has 1 N–H and O–H groups in total. The average molecular weight is 523 g/mol. The summed E-state index contributed by atoms with van der Waals surface area (Å²) in [4.78, 5) is 12.4. The van der Waals surface area contributed by atoms with Crippen LogP contribution in [0.3, 0.4) is 0 Å². The lowest BCUT2D eigenvalue weighted by Gasteiger charge is -2.24. The van der Waals surface area contributed by atoms with Gasteiger partial charge in [-0.25, -0.2) is 13.1 Å². The molecule has 0 spiro atoms.